The summed E-state index contributed by atoms with van der Waals surface area (Å²) >= 11 is 0. The third-order valence-electron chi connectivity index (χ3n) is 16.2. The van der Waals surface area contributed by atoms with Crippen molar-refractivity contribution in [2.45, 2.75) is 90.0 Å². The van der Waals surface area contributed by atoms with Gasteiger partial charge < -0.3 is 46.2 Å². The first kappa shape index (κ1) is 60.6. The lowest BCUT2D eigenvalue weighted by molar-refractivity contribution is -0.230. The molecular weight excluding hydrogens is 1060 g/mol. The van der Waals surface area contributed by atoms with Crippen molar-refractivity contribution in [2.75, 3.05) is 12.3 Å². The third-order valence-corrected chi connectivity index (χ3v) is 16.2. The number of aromatic carboxylic acids is 1. The van der Waals surface area contributed by atoms with E-state index in [0.29, 0.717) is 58.6 Å². The van der Waals surface area contributed by atoms with Crippen molar-refractivity contribution in [2.24, 2.45) is 49.0 Å². The number of carboxylic acids is 3. The van der Waals surface area contributed by atoms with Crippen molar-refractivity contribution in [3.05, 3.63) is 161 Å². The number of nitrogen functional groups attached to an aromatic ring is 1. The minimum atomic E-state index is -2.19. The van der Waals surface area contributed by atoms with E-state index in [-0.39, 0.29) is 65.5 Å². The molecule has 0 heterocycles. The quantitative estimate of drug-likeness (QED) is 0.0209. The summed E-state index contributed by atoms with van der Waals surface area (Å²) in [6.45, 7) is 5.60. The van der Waals surface area contributed by atoms with Crippen LogP contribution in [0.5, 0.6) is 11.5 Å². The molecule has 4 aliphatic rings. The number of ketones is 3. The predicted molar refractivity (Wildman–Crippen MR) is 295 cm³/mol. The Labute approximate surface area is 470 Å². The molecule has 3 fully saturated rings. The number of aromatic hydroxyl groups is 2. The van der Waals surface area contributed by atoms with Crippen molar-refractivity contribution in [3.8, 4) is 11.5 Å². The van der Waals surface area contributed by atoms with Gasteiger partial charge in [0.25, 0.3) is 0 Å². The molecule has 4 aliphatic carbocycles. The number of anilines is 1. The monoisotopic (exact) mass is 1120 g/mol. The Kier molecular flexibility index (Phi) is 18.3. The number of allylic oxidation sites excluding steroid dienone is 4. The Morgan fingerprint density at radius 2 is 1.24 bits per heavy atom. The van der Waals surface area contributed by atoms with E-state index in [1.807, 2.05) is 0 Å². The molecule has 3 saturated carbocycles. The minimum Gasteiger partial charge on any atom is -0.507 e. The van der Waals surface area contributed by atoms with Crippen LogP contribution in [0.3, 0.4) is 0 Å². The number of azo groups is 2. The van der Waals surface area contributed by atoms with Crippen LogP contribution in [-0.4, -0.2) is 101 Å². The van der Waals surface area contributed by atoms with E-state index in [0.717, 1.165) is 6.07 Å². The molecule has 5 aromatic rings. The van der Waals surface area contributed by atoms with E-state index in [9.17, 15) is 59.1 Å². The number of fused-ring (bicyclic) bond motifs is 5. The Morgan fingerprint density at radius 1 is 0.720 bits per heavy atom. The number of carboxylic acid groups (broad SMARTS) is 3. The van der Waals surface area contributed by atoms with Crippen molar-refractivity contribution >= 4 is 69.7 Å². The van der Waals surface area contributed by atoms with Crippen molar-refractivity contribution in [3.63, 3.8) is 0 Å². The maximum atomic E-state index is 18.4. The summed E-state index contributed by atoms with van der Waals surface area (Å²) in [5.74, 6) is -7.58. The second kappa shape index (κ2) is 24.7. The van der Waals surface area contributed by atoms with E-state index < -0.39 is 88.0 Å². The lowest BCUT2D eigenvalue weighted by Gasteiger charge is -2.63. The zero-order chi connectivity index (χ0) is 59.9. The molecule has 0 bridgehead atoms. The van der Waals surface area contributed by atoms with E-state index in [4.69, 9.17) is 20.7 Å². The first-order valence-corrected chi connectivity index (χ1v) is 26.1. The second-order valence-electron chi connectivity index (χ2n) is 21.2. The summed E-state index contributed by atoms with van der Waals surface area (Å²) in [6, 6.07) is 28.3. The number of hydrogen-bond donors (Lipinski definition) is 8. The van der Waals surface area contributed by atoms with E-state index >= 15 is 4.39 Å². The number of aliphatic carboxylic acids is 2. The number of rotatable bonds is 15. The van der Waals surface area contributed by atoms with Crippen LogP contribution in [0.25, 0.3) is 0 Å². The first-order chi connectivity index (χ1) is 38.8. The largest absolute Gasteiger partial charge is 0.507 e. The SMILES string of the molecule is CC(=O)c1cc(N=Nc2ccccc2CC(=O)O)ccc1O.C[C@@H]1CC2C3CCC4=CC(=O)C=C[C@]4(C)[C@@]3(F)[C@@H](OC(=O)Cc3ccccc3N=Nc3ccc(O)c(C(=O)O)c3)C[C@]2(C)[C@@]1(O)C(=O)CO.Nc1ccccc1CC(=O)O. The number of alkyl halides is 1. The molecule has 0 spiro atoms. The topological polar surface area (TPSA) is 346 Å². The standard InChI is InChI=1S/C37H39FN2O9.C16H14N2O4.C8H9NO2/c1-20-14-27-26-10-8-22-16-24(42)12-13-34(22,2)36(26,38)31(18-35(27,3)37(20,48)30(44)19-41)49-32(45)15-21-6-4-5-7-28(21)40-39-23-9-11-29(43)25(17-23)33(46)47;1-10(19)13-9-12(6-7-15(13)20)17-18-14-5-3-2-4-11(14)8-16(21)22;9-7-4-2-1-3-6(7)5-8(10)11/h4-7,9,11-13,16-17,20,26-27,31,41,43,48H,8,10,14-15,18-19H2,1-3H3,(H,46,47);2-7,9,20H,8H2,1H3,(H,21,22);1-4H,5,9H2,(H,10,11)/t20-,26?,27?,31+,34+,35+,36+,37+;;/m1../s1. The van der Waals surface area contributed by atoms with Crippen LogP contribution in [0.1, 0.15) is 90.8 Å². The van der Waals surface area contributed by atoms with Gasteiger partial charge in [-0.15, -0.1) is 0 Å². The van der Waals surface area contributed by atoms with Gasteiger partial charge in [-0.2, -0.15) is 20.5 Å². The molecule has 82 heavy (non-hydrogen) atoms. The Bertz CT molecular complexity index is 3470. The number of phenolic OH excluding ortho intramolecular Hbond substituents is 1. The fraction of sp³-hybridized carbons (Fsp3) is 0.328. The van der Waals surface area contributed by atoms with Gasteiger partial charge in [-0.3, -0.25) is 28.8 Å². The highest BCUT2D eigenvalue weighted by molar-refractivity contribution is 6.01. The average Bonchev–Trinajstić information content (AvgIpc) is 1.36. The van der Waals surface area contributed by atoms with Crippen molar-refractivity contribution in [1.29, 1.82) is 0 Å². The number of aliphatic hydroxyl groups excluding tert-OH is 1. The first-order valence-electron chi connectivity index (χ1n) is 26.1. The number of ether oxygens (including phenoxy) is 1. The van der Waals surface area contributed by atoms with Crippen LogP contribution < -0.4 is 5.73 Å². The molecule has 5 aromatic carbocycles. The highest BCUT2D eigenvalue weighted by Crippen LogP contribution is 2.71. The number of carbonyl (C=O) groups excluding carboxylic acids is 4. The molecule has 2 unspecified atom stereocenters. The van der Waals surface area contributed by atoms with Crippen LogP contribution in [-0.2, 0) is 48.0 Å². The molecule has 20 nitrogen and oxygen atoms in total. The number of esters is 1. The molecule has 8 atom stereocenters. The number of nitrogens with zero attached hydrogens (tertiary/aromatic N) is 4. The fourth-order valence-electron chi connectivity index (χ4n) is 12.1. The number of carbonyl (C=O) groups is 7. The number of nitrogens with two attached hydrogens (primary N) is 1. The summed E-state index contributed by atoms with van der Waals surface area (Å²) in [7, 11) is 0. The lowest BCUT2D eigenvalue weighted by atomic mass is 9.44. The minimum absolute atomic E-state index is 0.00727. The van der Waals surface area contributed by atoms with Crippen LogP contribution >= 0.6 is 0 Å². The number of phenols is 2. The predicted octanol–water partition coefficient (Wildman–Crippen LogP) is 10.0. The number of benzene rings is 5. The average molecular weight is 1120 g/mol. The Hall–Kier alpha value is -9.08. The maximum absolute atomic E-state index is 18.4. The van der Waals surface area contributed by atoms with Crippen molar-refractivity contribution in [1.82, 2.24) is 0 Å². The summed E-state index contributed by atoms with van der Waals surface area (Å²) in [5, 5.41) is 84.2. The summed E-state index contributed by atoms with van der Waals surface area (Å²) in [4.78, 5) is 83.2. The fourth-order valence-corrected chi connectivity index (χ4v) is 12.1. The van der Waals surface area contributed by atoms with Gasteiger partial charge in [0.15, 0.2) is 23.0 Å². The van der Waals surface area contributed by atoms with Gasteiger partial charge in [-0.05, 0) is 135 Å². The molecule has 0 amide bonds. The maximum Gasteiger partial charge on any atom is 0.339 e. The van der Waals surface area contributed by atoms with Gasteiger partial charge in [-0.25, -0.2) is 9.18 Å². The molecule has 9 rings (SSSR count). The highest BCUT2D eigenvalue weighted by Gasteiger charge is 2.76. The van der Waals surface area contributed by atoms with E-state index in [1.165, 1.54) is 49.4 Å². The Balaban J connectivity index is 0.000000239. The molecule has 0 aliphatic heterocycles. The lowest BCUT2D eigenvalue weighted by Crippen LogP contribution is -2.70. The van der Waals surface area contributed by atoms with Gasteiger partial charge in [0.05, 0.1) is 47.6 Å². The zero-order valence-electron chi connectivity index (χ0n) is 45.2. The zero-order valence-corrected chi connectivity index (χ0v) is 45.2. The normalized spacial score (nSPS) is 25.0. The van der Waals surface area contributed by atoms with Crippen LogP contribution in [0.2, 0.25) is 0 Å². The molecule has 0 radical (unpaired) electrons. The molecule has 21 heteroatoms. The number of aliphatic hydroxyl groups is 2. The van der Waals surface area contributed by atoms with Crippen LogP contribution in [0.15, 0.2) is 153 Å². The third kappa shape index (κ3) is 12.3. The van der Waals surface area contributed by atoms with Crippen LogP contribution in [0.4, 0.5) is 32.8 Å². The van der Waals surface area contributed by atoms with E-state index in [1.54, 1.807) is 99.6 Å². The highest BCUT2D eigenvalue weighted by atomic mass is 19.1. The number of para-hydroxylation sites is 1. The van der Waals surface area contributed by atoms with Crippen LogP contribution in [0, 0.1) is 28.6 Å². The molecule has 9 N–H and O–H groups in total. The molecule has 0 saturated heterocycles. The van der Waals surface area contributed by atoms with Gasteiger partial charge in [0, 0.05) is 22.4 Å². The smallest absolute Gasteiger partial charge is 0.339 e. The number of hydrogen-bond acceptors (Lipinski definition) is 17. The van der Waals surface area contributed by atoms with Gasteiger partial charge >= 0.3 is 23.9 Å². The molecule has 0 aromatic heterocycles. The molecular formula is C61H62FN5O15. The summed E-state index contributed by atoms with van der Waals surface area (Å²) in [5.41, 5.74) is 2.61. The molecule has 428 valence electrons. The second-order valence-corrected chi connectivity index (χ2v) is 21.2. The van der Waals surface area contributed by atoms with Gasteiger partial charge in [0.1, 0.15) is 35.4 Å². The van der Waals surface area contributed by atoms with Gasteiger partial charge in [-0.1, -0.05) is 80.1 Å². The van der Waals surface area contributed by atoms with E-state index in [2.05, 4.69) is 20.5 Å². The number of Topliss-reactive ketones (excluding diaryl/α,β-unsaturated/α-hetero) is 2. The van der Waals surface area contributed by atoms with Crippen molar-refractivity contribution < 1.29 is 78.4 Å². The summed E-state index contributed by atoms with van der Waals surface area (Å²) in [6.07, 6.45) is 3.28. The number of halogens is 1. The summed E-state index contributed by atoms with van der Waals surface area (Å²) < 4.78 is 24.5. The Morgan fingerprint density at radius 3 is 1.79 bits per heavy atom. The van der Waals surface area contributed by atoms with Gasteiger partial charge in [0.2, 0.25) is 0 Å².